The topological polar surface area (TPSA) is 63.6 Å². The van der Waals surface area contributed by atoms with Crippen LogP contribution < -0.4 is 0 Å². The largest absolute Gasteiger partial charge is 0.416 e. The van der Waals surface area contributed by atoms with Crippen molar-refractivity contribution in [3.8, 4) is 0 Å². The first-order valence-electron chi connectivity index (χ1n) is 5.32. The van der Waals surface area contributed by atoms with E-state index in [0.29, 0.717) is 0 Å². The Morgan fingerprint density at radius 3 is 2.26 bits per heavy atom. The number of hydrogen-bond acceptors (Lipinski definition) is 3. The lowest BCUT2D eigenvalue weighted by molar-refractivity contribution is -0.137. The Labute approximate surface area is 107 Å². The van der Waals surface area contributed by atoms with E-state index in [1.54, 1.807) is 0 Å². The Morgan fingerprint density at radius 2 is 1.84 bits per heavy atom. The predicted octanol–water partition coefficient (Wildman–Crippen LogP) is 3.11. The second-order valence-corrected chi connectivity index (χ2v) is 5.56. The van der Waals surface area contributed by atoms with Crippen molar-refractivity contribution in [1.29, 1.82) is 0 Å². The van der Waals surface area contributed by atoms with Gasteiger partial charge in [-0.15, -0.1) is 0 Å². The van der Waals surface area contributed by atoms with Crippen molar-refractivity contribution >= 4 is 13.4 Å². The highest BCUT2D eigenvalue weighted by atomic mass is 31.2. The molecule has 0 fully saturated rings. The minimum absolute atomic E-state index is 0.0337. The summed E-state index contributed by atoms with van der Waals surface area (Å²) in [6, 6.07) is 3.43. The second-order valence-electron chi connectivity index (χ2n) is 3.71. The fourth-order valence-corrected chi connectivity index (χ4v) is 2.41. The van der Waals surface area contributed by atoms with Crippen LogP contribution in [-0.4, -0.2) is 23.4 Å². The first-order chi connectivity index (χ1) is 8.65. The van der Waals surface area contributed by atoms with Crippen LogP contribution in [0, 0.1) is 0 Å². The summed E-state index contributed by atoms with van der Waals surface area (Å²) in [5.41, 5.74) is -0.956. The van der Waals surface area contributed by atoms with E-state index >= 15 is 0 Å². The third kappa shape index (κ3) is 4.78. The average Bonchev–Trinajstić information content (AvgIpc) is 2.27. The molecule has 0 bridgehead atoms. The Kier molecular flexibility index (Phi) is 4.90. The fourth-order valence-electron chi connectivity index (χ4n) is 1.37. The summed E-state index contributed by atoms with van der Waals surface area (Å²) >= 11 is 0. The van der Waals surface area contributed by atoms with Crippen molar-refractivity contribution in [2.45, 2.75) is 13.1 Å². The highest BCUT2D eigenvalue weighted by molar-refractivity contribution is 7.53. The normalized spacial score (nSPS) is 15.0. The Bertz CT molecular complexity index is 496. The van der Waals surface area contributed by atoms with Gasteiger partial charge in [-0.1, -0.05) is 12.1 Å². The summed E-state index contributed by atoms with van der Waals surface area (Å²) in [4.78, 5) is 20.9. The lowest BCUT2D eigenvalue weighted by atomic mass is 10.1. The monoisotopic (exact) mass is 296 g/mol. The van der Waals surface area contributed by atoms with Crippen LogP contribution >= 0.6 is 7.60 Å². The zero-order chi connectivity index (χ0) is 14.7. The number of rotatable bonds is 5. The molecule has 4 nitrogen and oxygen atoms in total. The number of alkyl halides is 3. The molecule has 0 aliphatic rings. The van der Waals surface area contributed by atoms with Gasteiger partial charge in [-0.2, -0.15) is 13.2 Å². The van der Waals surface area contributed by atoms with E-state index in [2.05, 4.69) is 4.52 Å². The van der Waals surface area contributed by atoms with E-state index in [9.17, 15) is 27.4 Å². The zero-order valence-corrected chi connectivity index (χ0v) is 10.9. The molecule has 8 heteroatoms. The number of Topliss-reactive ketones (excluding diaryl/α,β-unsaturated/α-hetero) is 1. The van der Waals surface area contributed by atoms with E-state index in [1.807, 2.05) is 0 Å². The molecule has 0 radical (unpaired) electrons. The molecule has 0 heterocycles. The van der Waals surface area contributed by atoms with Gasteiger partial charge in [-0.05, 0) is 19.1 Å². The first-order valence-corrected chi connectivity index (χ1v) is 7.09. The molecule has 1 N–H and O–H groups in total. The molecule has 0 aliphatic carbocycles. The molecule has 1 atom stereocenters. The third-order valence-electron chi connectivity index (χ3n) is 2.21. The van der Waals surface area contributed by atoms with Crippen molar-refractivity contribution in [1.82, 2.24) is 0 Å². The molecule has 0 aliphatic heterocycles. The van der Waals surface area contributed by atoms with Crippen LogP contribution in [0.4, 0.5) is 13.2 Å². The molecule has 0 spiro atoms. The van der Waals surface area contributed by atoms with Crippen molar-refractivity contribution in [2.24, 2.45) is 0 Å². The van der Waals surface area contributed by atoms with Gasteiger partial charge in [0.1, 0.15) is 6.16 Å². The molecule has 0 aromatic heterocycles. The minimum Gasteiger partial charge on any atom is -0.324 e. The fraction of sp³-hybridized carbons (Fsp3) is 0.364. The maximum Gasteiger partial charge on any atom is 0.416 e. The van der Waals surface area contributed by atoms with Crippen molar-refractivity contribution in [3.05, 3.63) is 35.4 Å². The van der Waals surface area contributed by atoms with Crippen LogP contribution in [0.25, 0.3) is 0 Å². The Hall–Kier alpha value is -1.17. The number of hydrogen-bond donors (Lipinski definition) is 1. The van der Waals surface area contributed by atoms with Gasteiger partial charge >= 0.3 is 13.8 Å². The molecule has 1 rings (SSSR count). The molecule has 106 valence electrons. The van der Waals surface area contributed by atoms with Crippen LogP contribution in [0.15, 0.2) is 24.3 Å². The van der Waals surface area contributed by atoms with Crippen molar-refractivity contribution < 1.29 is 31.9 Å². The van der Waals surface area contributed by atoms with Crippen LogP contribution in [0.3, 0.4) is 0 Å². The quantitative estimate of drug-likeness (QED) is 0.670. The molecule has 1 aromatic rings. The van der Waals surface area contributed by atoms with E-state index in [-0.39, 0.29) is 12.2 Å². The number of carbonyl (C=O) groups excluding carboxylic acids is 1. The van der Waals surface area contributed by atoms with E-state index < -0.39 is 31.3 Å². The SMILES string of the molecule is CCOP(=O)(O)CC(=O)c1ccc(C(F)(F)F)cc1. The molecule has 0 saturated heterocycles. The zero-order valence-electron chi connectivity index (χ0n) is 9.98. The highest BCUT2D eigenvalue weighted by Crippen LogP contribution is 2.42. The molecule has 19 heavy (non-hydrogen) atoms. The van der Waals surface area contributed by atoms with Gasteiger partial charge in [0, 0.05) is 5.56 Å². The third-order valence-corrected chi connectivity index (χ3v) is 3.56. The van der Waals surface area contributed by atoms with Crippen molar-refractivity contribution in [2.75, 3.05) is 12.8 Å². The molecule has 1 unspecified atom stereocenters. The van der Waals surface area contributed by atoms with Gasteiger partial charge in [-0.25, -0.2) is 0 Å². The summed E-state index contributed by atoms with van der Waals surface area (Å²) in [6.45, 7) is 1.46. The van der Waals surface area contributed by atoms with Gasteiger partial charge in [0.2, 0.25) is 0 Å². The number of halogens is 3. The summed E-state index contributed by atoms with van der Waals surface area (Å²) in [7, 11) is -4.03. The Balaban J connectivity index is 2.82. The van der Waals surface area contributed by atoms with Crippen LogP contribution in [0.2, 0.25) is 0 Å². The molecular formula is C11H12F3O4P. The Morgan fingerprint density at radius 1 is 1.32 bits per heavy atom. The number of benzene rings is 1. The number of carbonyl (C=O) groups is 1. The lowest BCUT2D eigenvalue weighted by Gasteiger charge is -2.10. The maximum absolute atomic E-state index is 12.3. The van der Waals surface area contributed by atoms with Crippen LogP contribution in [0.5, 0.6) is 0 Å². The lowest BCUT2D eigenvalue weighted by Crippen LogP contribution is -2.09. The van der Waals surface area contributed by atoms with Crippen LogP contribution in [-0.2, 0) is 15.3 Å². The van der Waals surface area contributed by atoms with Gasteiger partial charge in [-0.3, -0.25) is 9.36 Å². The van der Waals surface area contributed by atoms with Gasteiger partial charge in [0.05, 0.1) is 12.2 Å². The van der Waals surface area contributed by atoms with Crippen LogP contribution in [0.1, 0.15) is 22.8 Å². The minimum atomic E-state index is -4.49. The first kappa shape index (κ1) is 15.9. The van der Waals surface area contributed by atoms with E-state index in [0.717, 1.165) is 24.3 Å². The number of ketones is 1. The smallest absolute Gasteiger partial charge is 0.324 e. The molecule has 0 saturated carbocycles. The van der Waals surface area contributed by atoms with Gasteiger partial charge < -0.3 is 9.42 Å². The predicted molar refractivity (Wildman–Crippen MR) is 62.1 cm³/mol. The van der Waals surface area contributed by atoms with E-state index in [1.165, 1.54) is 6.92 Å². The summed E-state index contributed by atoms with van der Waals surface area (Å²) in [5, 5.41) is 0. The highest BCUT2D eigenvalue weighted by Gasteiger charge is 2.30. The molecule has 1 aromatic carbocycles. The molecule has 0 amide bonds. The summed E-state index contributed by atoms with van der Waals surface area (Å²) in [5.74, 6) is -0.743. The average molecular weight is 296 g/mol. The standard InChI is InChI=1S/C11H12F3O4P/c1-2-18-19(16,17)7-10(15)8-3-5-9(6-4-8)11(12,13)14/h3-6H,2,7H2,1H3,(H,16,17). The van der Waals surface area contributed by atoms with E-state index in [4.69, 9.17) is 0 Å². The summed E-state index contributed by atoms with van der Waals surface area (Å²) < 4.78 is 52.8. The maximum atomic E-state index is 12.3. The van der Waals surface area contributed by atoms with Gasteiger partial charge in [0.25, 0.3) is 0 Å². The molecular weight excluding hydrogens is 284 g/mol. The van der Waals surface area contributed by atoms with Crippen molar-refractivity contribution in [3.63, 3.8) is 0 Å². The summed E-state index contributed by atoms with van der Waals surface area (Å²) in [6.07, 6.45) is -5.24. The van der Waals surface area contributed by atoms with Gasteiger partial charge in [0.15, 0.2) is 5.78 Å². The second kappa shape index (κ2) is 5.86.